The maximum atomic E-state index is 14.5. The average Bonchev–Trinajstić information content (AvgIpc) is 2.98. The number of hydrogen-bond donors (Lipinski definition) is 1. The van der Waals surface area contributed by atoms with Gasteiger partial charge in [-0.1, -0.05) is 18.2 Å². The Bertz CT molecular complexity index is 982. The van der Waals surface area contributed by atoms with Crippen LogP contribution in [0.5, 0.6) is 11.5 Å². The molecule has 26 heavy (non-hydrogen) atoms. The Morgan fingerprint density at radius 2 is 1.85 bits per heavy atom. The number of aromatic nitrogens is 2. The van der Waals surface area contributed by atoms with E-state index in [1.807, 2.05) is 0 Å². The molecule has 0 atom stereocenters. The van der Waals surface area contributed by atoms with Gasteiger partial charge in [0.2, 0.25) is 0 Å². The van der Waals surface area contributed by atoms with Crippen molar-refractivity contribution in [3.63, 3.8) is 0 Å². The SMILES string of the molecule is COc1ccc(OC)c(-c2c(-c3ccccc3F)c(C(=O)O)nn2C)c1. The number of rotatable bonds is 5. The fourth-order valence-corrected chi connectivity index (χ4v) is 2.90. The first kappa shape index (κ1) is 17.5. The van der Waals surface area contributed by atoms with Crippen LogP contribution >= 0.6 is 0 Å². The standard InChI is InChI=1S/C19H17FN2O4/c1-22-18(13-10-11(25-2)8-9-15(13)26-3)16(17(21-22)19(23)24)12-6-4-5-7-14(12)20/h4-10H,1-3H3,(H,23,24). The summed E-state index contributed by atoms with van der Waals surface area (Å²) >= 11 is 0. The largest absolute Gasteiger partial charge is 0.497 e. The number of benzene rings is 2. The van der Waals surface area contributed by atoms with Crippen LogP contribution in [0.1, 0.15) is 10.5 Å². The third-order valence-corrected chi connectivity index (χ3v) is 4.05. The van der Waals surface area contributed by atoms with E-state index in [0.717, 1.165) is 0 Å². The summed E-state index contributed by atoms with van der Waals surface area (Å²) in [6, 6.07) is 11.1. The van der Waals surface area contributed by atoms with Crippen LogP contribution in [-0.2, 0) is 7.05 Å². The van der Waals surface area contributed by atoms with E-state index in [1.54, 1.807) is 37.4 Å². The predicted octanol–water partition coefficient (Wildman–Crippen LogP) is 3.61. The van der Waals surface area contributed by atoms with Crippen LogP contribution in [0.3, 0.4) is 0 Å². The van der Waals surface area contributed by atoms with Crippen LogP contribution in [0, 0.1) is 5.82 Å². The van der Waals surface area contributed by atoms with E-state index in [2.05, 4.69) is 5.10 Å². The van der Waals surface area contributed by atoms with Crippen molar-refractivity contribution in [1.29, 1.82) is 0 Å². The molecular weight excluding hydrogens is 339 g/mol. The zero-order valence-electron chi connectivity index (χ0n) is 14.5. The van der Waals surface area contributed by atoms with Crippen molar-refractivity contribution >= 4 is 5.97 Å². The molecular formula is C19H17FN2O4. The fourth-order valence-electron chi connectivity index (χ4n) is 2.90. The van der Waals surface area contributed by atoms with Crippen molar-refractivity contribution in [3.8, 4) is 33.9 Å². The Morgan fingerprint density at radius 1 is 1.12 bits per heavy atom. The summed E-state index contributed by atoms with van der Waals surface area (Å²) in [5.41, 5.74) is 1.07. The molecule has 0 fully saturated rings. The third-order valence-electron chi connectivity index (χ3n) is 4.05. The second kappa shape index (κ2) is 6.87. The van der Waals surface area contributed by atoms with Gasteiger partial charge in [0.1, 0.15) is 17.3 Å². The van der Waals surface area contributed by atoms with Crippen molar-refractivity contribution in [2.75, 3.05) is 14.2 Å². The molecule has 0 unspecified atom stereocenters. The lowest BCUT2D eigenvalue weighted by molar-refractivity contribution is 0.0690. The zero-order chi connectivity index (χ0) is 18.8. The number of carboxylic acid groups (broad SMARTS) is 1. The summed E-state index contributed by atoms with van der Waals surface area (Å²) in [7, 11) is 4.63. The first-order chi connectivity index (χ1) is 12.5. The first-order valence-electron chi connectivity index (χ1n) is 7.75. The van der Waals surface area contributed by atoms with Crippen LogP contribution in [0.15, 0.2) is 42.5 Å². The van der Waals surface area contributed by atoms with Gasteiger partial charge in [-0.05, 0) is 24.3 Å². The second-order valence-electron chi connectivity index (χ2n) is 5.55. The van der Waals surface area contributed by atoms with Gasteiger partial charge in [0.05, 0.1) is 19.9 Å². The van der Waals surface area contributed by atoms with Crippen LogP contribution in [0.4, 0.5) is 4.39 Å². The molecule has 0 radical (unpaired) electrons. The molecule has 134 valence electrons. The number of ether oxygens (including phenoxy) is 2. The number of carbonyl (C=O) groups is 1. The maximum Gasteiger partial charge on any atom is 0.357 e. The van der Waals surface area contributed by atoms with Gasteiger partial charge in [0.25, 0.3) is 0 Å². The van der Waals surface area contributed by atoms with Crippen molar-refractivity contribution in [3.05, 3.63) is 54.0 Å². The Balaban J connectivity index is 2.40. The number of aryl methyl sites for hydroxylation is 1. The Kier molecular flexibility index (Phi) is 4.62. The number of methoxy groups -OCH3 is 2. The minimum atomic E-state index is -1.24. The van der Waals surface area contributed by atoms with E-state index >= 15 is 0 Å². The molecule has 7 heteroatoms. The van der Waals surface area contributed by atoms with Crippen molar-refractivity contribution in [2.45, 2.75) is 0 Å². The first-order valence-corrected chi connectivity index (χ1v) is 7.75. The Labute approximate surface area is 149 Å². The molecule has 0 saturated heterocycles. The van der Waals surface area contributed by atoms with Gasteiger partial charge in [-0.15, -0.1) is 0 Å². The molecule has 3 rings (SSSR count). The quantitative estimate of drug-likeness (QED) is 0.756. The number of aromatic carboxylic acids is 1. The molecule has 0 amide bonds. The van der Waals surface area contributed by atoms with Gasteiger partial charge in [-0.25, -0.2) is 9.18 Å². The lowest BCUT2D eigenvalue weighted by Gasteiger charge is -2.13. The third kappa shape index (κ3) is 2.88. The molecule has 0 spiro atoms. The smallest absolute Gasteiger partial charge is 0.357 e. The van der Waals surface area contributed by atoms with Crippen molar-refractivity contribution in [1.82, 2.24) is 9.78 Å². The predicted molar refractivity (Wildman–Crippen MR) is 94.1 cm³/mol. The van der Waals surface area contributed by atoms with Gasteiger partial charge in [-0.3, -0.25) is 4.68 Å². The van der Waals surface area contributed by atoms with Gasteiger partial charge in [-0.2, -0.15) is 5.10 Å². The minimum absolute atomic E-state index is 0.151. The molecule has 1 N–H and O–H groups in total. The Morgan fingerprint density at radius 3 is 2.46 bits per heavy atom. The van der Waals surface area contributed by atoms with Crippen LogP contribution in [-0.4, -0.2) is 35.1 Å². The summed E-state index contributed by atoms with van der Waals surface area (Å²) in [6.07, 6.45) is 0. The number of nitrogens with zero attached hydrogens (tertiary/aromatic N) is 2. The number of halogens is 1. The molecule has 0 aliphatic carbocycles. The van der Waals surface area contributed by atoms with Crippen LogP contribution in [0.2, 0.25) is 0 Å². The molecule has 0 bridgehead atoms. The molecule has 0 saturated carbocycles. The molecule has 3 aromatic rings. The topological polar surface area (TPSA) is 73.6 Å². The summed E-state index contributed by atoms with van der Waals surface area (Å²) < 4.78 is 26.5. The second-order valence-corrected chi connectivity index (χ2v) is 5.55. The number of carboxylic acids is 1. The molecule has 6 nitrogen and oxygen atoms in total. The van der Waals surface area contributed by atoms with Crippen molar-refractivity contribution in [2.24, 2.45) is 7.05 Å². The molecule has 1 aromatic heterocycles. The molecule has 2 aromatic carbocycles. The highest BCUT2D eigenvalue weighted by atomic mass is 19.1. The van der Waals surface area contributed by atoms with Crippen LogP contribution in [0.25, 0.3) is 22.4 Å². The van der Waals surface area contributed by atoms with Crippen molar-refractivity contribution < 1.29 is 23.8 Å². The summed E-state index contributed by atoms with van der Waals surface area (Å²) in [6.45, 7) is 0. The van der Waals surface area contributed by atoms with E-state index in [4.69, 9.17) is 9.47 Å². The van der Waals surface area contributed by atoms with E-state index < -0.39 is 11.8 Å². The summed E-state index contributed by atoms with van der Waals surface area (Å²) in [5, 5.41) is 13.7. The molecule has 1 heterocycles. The zero-order valence-corrected chi connectivity index (χ0v) is 14.5. The van der Waals surface area contributed by atoms with Gasteiger partial charge in [0, 0.05) is 23.7 Å². The monoisotopic (exact) mass is 356 g/mol. The highest BCUT2D eigenvalue weighted by molar-refractivity contribution is 6.00. The van der Waals surface area contributed by atoms with Gasteiger partial charge < -0.3 is 14.6 Å². The van der Waals surface area contributed by atoms with E-state index in [1.165, 1.54) is 31.0 Å². The minimum Gasteiger partial charge on any atom is -0.497 e. The molecule has 0 aliphatic rings. The normalized spacial score (nSPS) is 10.6. The maximum absolute atomic E-state index is 14.5. The van der Waals surface area contributed by atoms with Crippen LogP contribution < -0.4 is 9.47 Å². The fraction of sp³-hybridized carbons (Fsp3) is 0.158. The summed E-state index contributed by atoms with van der Waals surface area (Å²) in [4.78, 5) is 11.7. The highest BCUT2D eigenvalue weighted by Crippen LogP contribution is 2.41. The Hall–Kier alpha value is -3.35. The lowest BCUT2D eigenvalue weighted by Crippen LogP contribution is -2.01. The van der Waals surface area contributed by atoms with E-state index in [0.29, 0.717) is 22.8 Å². The molecule has 0 aliphatic heterocycles. The van der Waals surface area contributed by atoms with Gasteiger partial charge in [0.15, 0.2) is 5.69 Å². The van der Waals surface area contributed by atoms with E-state index in [9.17, 15) is 14.3 Å². The van der Waals surface area contributed by atoms with E-state index in [-0.39, 0.29) is 16.8 Å². The lowest BCUT2D eigenvalue weighted by atomic mass is 9.97. The van der Waals surface area contributed by atoms with Gasteiger partial charge >= 0.3 is 5.97 Å². The summed E-state index contributed by atoms with van der Waals surface area (Å²) in [5.74, 6) is -0.736. The highest BCUT2D eigenvalue weighted by Gasteiger charge is 2.27. The number of hydrogen-bond acceptors (Lipinski definition) is 4. The average molecular weight is 356 g/mol.